The summed E-state index contributed by atoms with van der Waals surface area (Å²) in [6.07, 6.45) is 6.39. The summed E-state index contributed by atoms with van der Waals surface area (Å²) in [6, 6.07) is 4.00. The van der Waals surface area contributed by atoms with E-state index in [1.54, 1.807) is 17.5 Å². The minimum Gasteiger partial charge on any atom is -0.330 e. The minimum atomic E-state index is 0.635. The maximum Gasteiger partial charge on any atom is 0.194 e. The second-order valence-corrected chi connectivity index (χ2v) is 4.61. The van der Waals surface area contributed by atoms with E-state index < -0.39 is 0 Å². The topological polar surface area (TPSA) is 56.2 Å². The first-order valence-corrected chi connectivity index (χ1v) is 6.32. The van der Waals surface area contributed by atoms with Crippen molar-refractivity contribution in [3.8, 4) is 11.3 Å². The van der Waals surface area contributed by atoms with Crippen molar-refractivity contribution in [3.05, 3.63) is 41.8 Å². The summed E-state index contributed by atoms with van der Waals surface area (Å²) in [7, 11) is 0. The van der Waals surface area contributed by atoms with Gasteiger partial charge in [0.05, 0.1) is 11.9 Å². The zero-order valence-electron chi connectivity index (χ0n) is 9.21. The van der Waals surface area contributed by atoms with Gasteiger partial charge < -0.3 is 5.73 Å². The molecular formula is C12H12N4S. The predicted octanol–water partition coefficient (Wildman–Crippen LogP) is 1.96. The third-order valence-corrected chi connectivity index (χ3v) is 3.52. The van der Waals surface area contributed by atoms with Crippen LogP contribution < -0.4 is 5.73 Å². The molecule has 0 fully saturated rings. The molecule has 3 rings (SSSR count). The SMILES string of the molecule is NCCc1cnc2scc(-c3cccnc3)n12. The third kappa shape index (κ3) is 1.73. The average Bonchev–Trinajstić information content (AvgIpc) is 2.94. The Hall–Kier alpha value is -1.72. The van der Waals surface area contributed by atoms with Crippen molar-refractivity contribution >= 4 is 16.3 Å². The van der Waals surface area contributed by atoms with E-state index in [0.717, 1.165) is 28.3 Å². The molecule has 3 aromatic heterocycles. The lowest BCUT2D eigenvalue weighted by molar-refractivity contribution is 0.911. The fraction of sp³-hybridized carbons (Fsp3) is 0.167. The van der Waals surface area contributed by atoms with Crippen LogP contribution in [-0.2, 0) is 6.42 Å². The van der Waals surface area contributed by atoms with Gasteiger partial charge in [-0.3, -0.25) is 9.38 Å². The summed E-state index contributed by atoms with van der Waals surface area (Å²) in [5.41, 5.74) is 9.02. The van der Waals surface area contributed by atoms with Gasteiger partial charge in [0.2, 0.25) is 0 Å². The Labute approximate surface area is 103 Å². The van der Waals surface area contributed by atoms with Crippen LogP contribution in [0, 0.1) is 0 Å². The number of nitrogens with two attached hydrogens (primary N) is 1. The van der Waals surface area contributed by atoms with Crippen molar-refractivity contribution in [2.45, 2.75) is 6.42 Å². The van der Waals surface area contributed by atoms with Crippen LogP contribution in [0.2, 0.25) is 0 Å². The van der Waals surface area contributed by atoms with E-state index in [1.807, 2.05) is 18.5 Å². The van der Waals surface area contributed by atoms with Gasteiger partial charge in [-0.15, -0.1) is 11.3 Å². The Morgan fingerprint density at radius 2 is 2.29 bits per heavy atom. The summed E-state index contributed by atoms with van der Waals surface area (Å²) in [5.74, 6) is 0. The number of imidazole rings is 1. The molecule has 0 unspecified atom stereocenters. The van der Waals surface area contributed by atoms with Crippen LogP contribution in [0.1, 0.15) is 5.69 Å². The van der Waals surface area contributed by atoms with E-state index in [-0.39, 0.29) is 0 Å². The Kier molecular flexibility index (Phi) is 2.62. The zero-order valence-corrected chi connectivity index (χ0v) is 10.0. The van der Waals surface area contributed by atoms with E-state index >= 15 is 0 Å². The lowest BCUT2D eigenvalue weighted by Gasteiger charge is -2.02. The highest BCUT2D eigenvalue weighted by molar-refractivity contribution is 7.15. The van der Waals surface area contributed by atoms with Gasteiger partial charge in [-0.1, -0.05) is 0 Å². The summed E-state index contributed by atoms with van der Waals surface area (Å²) >= 11 is 1.64. The highest BCUT2D eigenvalue weighted by atomic mass is 32.1. The van der Waals surface area contributed by atoms with E-state index in [9.17, 15) is 0 Å². The van der Waals surface area contributed by atoms with Gasteiger partial charge in [-0.2, -0.15) is 0 Å². The van der Waals surface area contributed by atoms with Crippen LogP contribution in [-0.4, -0.2) is 20.9 Å². The standard InChI is InChI=1S/C12H12N4S/c13-4-3-10-7-15-12-16(10)11(8-17-12)9-2-1-5-14-6-9/h1-2,5-8H,3-4,13H2. The molecule has 3 aromatic rings. The zero-order chi connectivity index (χ0) is 11.7. The molecule has 0 aliphatic carbocycles. The Balaban J connectivity index is 2.19. The molecule has 0 atom stereocenters. The van der Waals surface area contributed by atoms with E-state index in [4.69, 9.17) is 5.73 Å². The van der Waals surface area contributed by atoms with Gasteiger partial charge in [-0.05, 0) is 18.7 Å². The molecule has 0 amide bonds. The van der Waals surface area contributed by atoms with Crippen molar-refractivity contribution in [1.82, 2.24) is 14.4 Å². The largest absolute Gasteiger partial charge is 0.330 e. The van der Waals surface area contributed by atoms with E-state index in [2.05, 4.69) is 25.8 Å². The second kappa shape index (κ2) is 4.27. The number of hydrogen-bond acceptors (Lipinski definition) is 4. The molecule has 0 aliphatic rings. The lowest BCUT2D eigenvalue weighted by atomic mass is 10.2. The highest BCUT2D eigenvalue weighted by Gasteiger charge is 2.10. The summed E-state index contributed by atoms with van der Waals surface area (Å²) in [5, 5.41) is 2.11. The maximum atomic E-state index is 5.62. The number of rotatable bonds is 3. The normalized spacial score (nSPS) is 11.1. The van der Waals surface area contributed by atoms with Gasteiger partial charge in [-0.25, -0.2) is 4.98 Å². The van der Waals surface area contributed by atoms with Crippen molar-refractivity contribution in [1.29, 1.82) is 0 Å². The van der Waals surface area contributed by atoms with Crippen LogP contribution >= 0.6 is 11.3 Å². The van der Waals surface area contributed by atoms with Crippen molar-refractivity contribution < 1.29 is 0 Å². The van der Waals surface area contributed by atoms with Gasteiger partial charge in [0.25, 0.3) is 0 Å². The van der Waals surface area contributed by atoms with Gasteiger partial charge in [0.1, 0.15) is 0 Å². The van der Waals surface area contributed by atoms with Gasteiger partial charge in [0, 0.05) is 35.5 Å². The molecule has 4 nitrogen and oxygen atoms in total. The minimum absolute atomic E-state index is 0.635. The molecule has 0 aromatic carbocycles. The molecule has 3 heterocycles. The molecule has 2 N–H and O–H groups in total. The first kappa shape index (κ1) is 10.4. The summed E-state index contributed by atoms with van der Waals surface area (Å²) in [6.45, 7) is 0.635. The predicted molar refractivity (Wildman–Crippen MR) is 69.1 cm³/mol. The van der Waals surface area contributed by atoms with Crippen LogP contribution in [0.15, 0.2) is 36.1 Å². The molecule has 17 heavy (non-hydrogen) atoms. The van der Waals surface area contributed by atoms with Crippen LogP contribution in [0.25, 0.3) is 16.2 Å². The summed E-state index contributed by atoms with van der Waals surface area (Å²) in [4.78, 5) is 9.55. The number of nitrogens with zero attached hydrogens (tertiary/aromatic N) is 3. The number of fused-ring (bicyclic) bond motifs is 1. The molecule has 86 valence electrons. The molecule has 0 saturated heterocycles. The fourth-order valence-corrected chi connectivity index (χ4v) is 2.80. The highest BCUT2D eigenvalue weighted by Crippen LogP contribution is 2.26. The summed E-state index contributed by atoms with van der Waals surface area (Å²) < 4.78 is 2.16. The molecule has 0 saturated carbocycles. The smallest absolute Gasteiger partial charge is 0.194 e. The molecule has 0 aliphatic heterocycles. The number of aromatic nitrogens is 3. The van der Waals surface area contributed by atoms with Crippen LogP contribution in [0.3, 0.4) is 0 Å². The first-order chi connectivity index (χ1) is 8.40. The Morgan fingerprint density at radius 1 is 1.35 bits per heavy atom. The van der Waals surface area contributed by atoms with Gasteiger partial charge >= 0.3 is 0 Å². The number of pyridine rings is 1. The lowest BCUT2D eigenvalue weighted by Crippen LogP contribution is -2.05. The second-order valence-electron chi connectivity index (χ2n) is 3.77. The molecule has 0 radical (unpaired) electrons. The maximum absolute atomic E-state index is 5.62. The monoisotopic (exact) mass is 244 g/mol. The van der Waals surface area contributed by atoms with E-state index in [1.165, 1.54) is 0 Å². The number of hydrogen-bond donors (Lipinski definition) is 1. The first-order valence-electron chi connectivity index (χ1n) is 5.44. The molecule has 0 bridgehead atoms. The molecule has 0 spiro atoms. The Bertz CT molecular complexity index is 626. The van der Waals surface area contributed by atoms with E-state index in [0.29, 0.717) is 6.54 Å². The Morgan fingerprint density at radius 3 is 3.06 bits per heavy atom. The van der Waals surface area contributed by atoms with Crippen LogP contribution in [0.4, 0.5) is 0 Å². The average molecular weight is 244 g/mol. The van der Waals surface area contributed by atoms with Crippen molar-refractivity contribution in [2.24, 2.45) is 5.73 Å². The quantitative estimate of drug-likeness (QED) is 0.766. The van der Waals surface area contributed by atoms with Crippen molar-refractivity contribution in [2.75, 3.05) is 6.54 Å². The van der Waals surface area contributed by atoms with Gasteiger partial charge in [0.15, 0.2) is 4.96 Å². The fourth-order valence-electron chi connectivity index (χ4n) is 1.91. The molecular weight excluding hydrogens is 232 g/mol. The number of thiazole rings is 1. The molecule has 5 heteroatoms. The van der Waals surface area contributed by atoms with Crippen LogP contribution in [0.5, 0.6) is 0 Å². The third-order valence-electron chi connectivity index (χ3n) is 2.68. The van der Waals surface area contributed by atoms with Crippen molar-refractivity contribution in [3.63, 3.8) is 0 Å².